The van der Waals surface area contributed by atoms with Crippen LogP contribution in [0.5, 0.6) is 0 Å². The Morgan fingerprint density at radius 2 is 2.00 bits per heavy atom. The third kappa shape index (κ3) is 5.40. The number of aliphatic imine (C=N–C) groups is 1. The summed E-state index contributed by atoms with van der Waals surface area (Å²) in [6.45, 7) is 7.10. The molecule has 2 aliphatic heterocycles. The van der Waals surface area contributed by atoms with Crippen molar-refractivity contribution < 1.29 is 9.50 Å². The summed E-state index contributed by atoms with van der Waals surface area (Å²) in [5.41, 5.74) is 0.684. The number of aliphatic hydroxyl groups is 1. The number of halogens is 2. The predicted octanol–water partition coefficient (Wildman–Crippen LogP) is 2.39. The molecule has 0 aromatic heterocycles. The van der Waals surface area contributed by atoms with Gasteiger partial charge in [0.1, 0.15) is 5.82 Å². The number of hydrogen-bond acceptors (Lipinski definition) is 3. The lowest BCUT2D eigenvalue weighted by Crippen LogP contribution is -2.43. The SMILES string of the molecule is CCNC(=NCC(O)c1ccc(F)cc1)N1CCC(N2CC=CC2)C1.I. The van der Waals surface area contributed by atoms with Gasteiger partial charge >= 0.3 is 0 Å². The highest BCUT2D eigenvalue weighted by Gasteiger charge is 2.29. The van der Waals surface area contributed by atoms with Crippen LogP contribution in [0.25, 0.3) is 0 Å². The molecule has 0 amide bonds. The normalized spacial score (nSPS) is 21.7. The number of guanidine groups is 1. The molecule has 0 saturated carbocycles. The lowest BCUT2D eigenvalue weighted by molar-refractivity contribution is 0.186. The first-order valence-corrected chi connectivity index (χ1v) is 9.03. The number of aliphatic hydroxyl groups excluding tert-OH is 1. The van der Waals surface area contributed by atoms with Crippen LogP contribution in [-0.4, -0.2) is 66.2 Å². The maximum atomic E-state index is 13.0. The molecule has 7 heteroatoms. The molecule has 1 aromatic carbocycles. The number of rotatable bonds is 5. The average molecular weight is 474 g/mol. The van der Waals surface area contributed by atoms with Gasteiger partial charge in [0.05, 0.1) is 12.6 Å². The van der Waals surface area contributed by atoms with Crippen LogP contribution in [0.3, 0.4) is 0 Å². The molecule has 144 valence electrons. The summed E-state index contributed by atoms with van der Waals surface area (Å²) >= 11 is 0. The highest BCUT2D eigenvalue weighted by atomic mass is 127. The maximum Gasteiger partial charge on any atom is 0.194 e. The second-order valence-corrected chi connectivity index (χ2v) is 6.58. The van der Waals surface area contributed by atoms with Crippen LogP contribution in [0.4, 0.5) is 4.39 Å². The molecular weight excluding hydrogens is 446 g/mol. The number of nitrogens with one attached hydrogen (secondary N) is 1. The van der Waals surface area contributed by atoms with Gasteiger partial charge in [-0.3, -0.25) is 9.89 Å². The van der Waals surface area contributed by atoms with Crippen molar-refractivity contribution in [3.63, 3.8) is 0 Å². The maximum absolute atomic E-state index is 13.0. The second kappa shape index (κ2) is 10.2. The second-order valence-electron chi connectivity index (χ2n) is 6.58. The van der Waals surface area contributed by atoms with Gasteiger partial charge in [-0.15, -0.1) is 24.0 Å². The summed E-state index contributed by atoms with van der Waals surface area (Å²) in [6.07, 6.45) is 4.85. The van der Waals surface area contributed by atoms with E-state index in [2.05, 4.69) is 32.3 Å². The molecule has 0 radical (unpaired) electrons. The largest absolute Gasteiger partial charge is 0.386 e. The Kier molecular flexibility index (Phi) is 8.30. The first-order valence-electron chi connectivity index (χ1n) is 9.03. The van der Waals surface area contributed by atoms with E-state index in [1.54, 1.807) is 12.1 Å². The van der Waals surface area contributed by atoms with Crippen molar-refractivity contribution in [2.45, 2.75) is 25.5 Å². The van der Waals surface area contributed by atoms with E-state index in [0.717, 1.165) is 45.1 Å². The Morgan fingerprint density at radius 3 is 2.65 bits per heavy atom. The van der Waals surface area contributed by atoms with Gasteiger partial charge in [-0.05, 0) is 31.0 Å². The van der Waals surface area contributed by atoms with Crippen LogP contribution < -0.4 is 5.32 Å². The minimum atomic E-state index is -0.726. The van der Waals surface area contributed by atoms with Crippen LogP contribution in [0.1, 0.15) is 25.0 Å². The number of hydrogen-bond donors (Lipinski definition) is 2. The first kappa shape index (κ1) is 21.1. The molecule has 1 saturated heterocycles. The first-order chi connectivity index (χ1) is 12.2. The van der Waals surface area contributed by atoms with Crippen molar-refractivity contribution in [2.75, 3.05) is 39.3 Å². The molecule has 1 fully saturated rings. The molecule has 2 atom stereocenters. The molecule has 0 spiro atoms. The summed E-state index contributed by atoms with van der Waals surface area (Å²) in [4.78, 5) is 9.36. The summed E-state index contributed by atoms with van der Waals surface area (Å²) < 4.78 is 13.0. The molecule has 2 heterocycles. The van der Waals surface area contributed by atoms with Crippen LogP contribution >= 0.6 is 24.0 Å². The van der Waals surface area contributed by atoms with E-state index in [4.69, 9.17) is 0 Å². The van der Waals surface area contributed by atoms with E-state index in [9.17, 15) is 9.50 Å². The zero-order valence-corrected chi connectivity index (χ0v) is 17.5. The van der Waals surface area contributed by atoms with E-state index < -0.39 is 6.10 Å². The minimum Gasteiger partial charge on any atom is -0.386 e. The molecule has 5 nitrogen and oxygen atoms in total. The highest BCUT2D eigenvalue weighted by Crippen LogP contribution is 2.19. The summed E-state index contributed by atoms with van der Waals surface area (Å²) in [5.74, 6) is 0.547. The van der Waals surface area contributed by atoms with Crippen LogP contribution in [-0.2, 0) is 0 Å². The lowest BCUT2D eigenvalue weighted by Gasteiger charge is -2.25. The topological polar surface area (TPSA) is 51.1 Å². The average Bonchev–Trinajstić information content (AvgIpc) is 3.30. The van der Waals surface area contributed by atoms with Gasteiger partial charge in [0.25, 0.3) is 0 Å². The fraction of sp³-hybridized carbons (Fsp3) is 0.526. The van der Waals surface area contributed by atoms with E-state index >= 15 is 0 Å². The van der Waals surface area contributed by atoms with Gasteiger partial charge in [0, 0.05) is 38.8 Å². The van der Waals surface area contributed by atoms with Crippen LogP contribution in [0.15, 0.2) is 41.4 Å². The Morgan fingerprint density at radius 1 is 1.31 bits per heavy atom. The Hall–Kier alpha value is -1.19. The molecule has 26 heavy (non-hydrogen) atoms. The zero-order chi connectivity index (χ0) is 17.6. The van der Waals surface area contributed by atoms with E-state index in [1.165, 1.54) is 12.1 Å². The molecule has 0 bridgehead atoms. The minimum absolute atomic E-state index is 0. The number of benzene rings is 1. The van der Waals surface area contributed by atoms with E-state index in [0.29, 0.717) is 11.6 Å². The Labute approximate surface area is 172 Å². The van der Waals surface area contributed by atoms with Crippen LogP contribution in [0, 0.1) is 5.82 Å². The Balaban J connectivity index is 0.00000243. The molecule has 1 aromatic rings. The third-order valence-corrected chi connectivity index (χ3v) is 4.83. The third-order valence-electron chi connectivity index (χ3n) is 4.83. The fourth-order valence-electron chi connectivity index (χ4n) is 3.41. The fourth-order valence-corrected chi connectivity index (χ4v) is 3.41. The number of nitrogens with zero attached hydrogens (tertiary/aromatic N) is 3. The lowest BCUT2D eigenvalue weighted by atomic mass is 10.1. The van der Waals surface area contributed by atoms with Crippen molar-refractivity contribution in [3.8, 4) is 0 Å². The van der Waals surface area contributed by atoms with Gasteiger partial charge in [0.2, 0.25) is 0 Å². The molecule has 2 N–H and O–H groups in total. The predicted molar refractivity (Wildman–Crippen MR) is 113 cm³/mol. The van der Waals surface area contributed by atoms with E-state index in [-0.39, 0.29) is 36.3 Å². The van der Waals surface area contributed by atoms with Crippen molar-refractivity contribution in [3.05, 3.63) is 47.8 Å². The van der Waals surface area contributed by atoms with Gasteiger partial charge in [0.15, 0.2) is 5.96 Å². The number of likely N-dealkylation sites (tertiary alicyclic amines) is 1. The smallest absolute Gasteiger partial charge is 0.194 e. The molecule has 3 rings (SSSR count). The Bertz CT molecular complexity index is 614. The van der Waals surface area contributed by atoms with Crippen molar-refractivity contribution >= 4 is 29.9 Å². The molecule has 0 aliphatic carbocycles. The summed E-state index contributed by atoms with van der Waals surface area (Å²) in [7, 11) is 0. The van der Waals surface area contributed by atoms with Gasteiger partial charge < -0.3 is 15.3 Å². The van der Waals surface area contributed by atoms with Gasteiger partial charge in [-0.25, -0.2) is 4.39 Å². The molecular formula is C19H28FIN4O. The van der Waals surface area contributed by atoms with Crippen molar-refractivity contribution in [1.82, 2.24) is 15.1 Å². The standard InChI is InChI=1S/C19H27FN4O.HI/c1-2-21-19(22-13-18(25)15-5-7-16(20)8-6-15)24-12-9-17(14-24)23-10-3-4-11-23;/h3-8,17-18,25H,2,9-14H2,1H3,(H,21,22);1H. The summed E-state index contributed by atoms with van der Waals surface area (Å²) in [5, 5.41) is 13.6. The van der Waals surface area contributed by atoms with Crippen molar-refractivity contribution in [1.29, 1.82) is 0 Å². The molecule has 2 unspecified atom stereocenters. The highest BCUT2D eigenvalue weighted by molar-refractivity contribution is 14.0. The molecule has 2 aliphatic rings. The van der Waals surface area contributed by atoms with Gasteiger partial charge in [-0.1, -0.05) is 24.3 Å². The van der Waals surface area contributed by atoms with Gasteiger partial charge in [-0.2, -0.15) is 0 Å². The monoisotopic (exact) mass is 474 g/mol. The zero-order valence-electron chi connectivity index (χ0n) is 15.1. The van der Waals surface area contributed by atoms with E-state index in [1.807, 2.05) is 6.92 Å². The van der Waals surface area contributed by atoms with Crippen molar-refractivity contribution in [2.24, 2.45) is 4.99 Å². The van der Waals surface area contributed by atoms with Crippen LogP contribution in [0.2, 0.25) is 0 Å². The quantitative estimate of drug-likeness (QED) is 0.298. The summed E-state index contributed by atoms with van der Waals surface area (Å²) in [6, 6.07) is 6.50.